The summed E-state index contributed by atoms with van der Waals surface area (Å²) in [5.41, 5.74) is 1.74. The summed E-state index contributed by atoms with van der Waals surface area (Å²) in [4.78, 5) is 14.1. The largest absolute Gasteiger partial charge is 0.351 e. The number of nitrogens with one attached hydrogen (secondary N) is 1. The Morgan fingerprint density at radius 3 is 2.71 bits per heavy atom. The van der Waals surface area contributed by atoms with E-state index in [4.69, 9.17) is 11.6 Å². The van der Waals surface area contributed by atoms with Crippen LogP contribution < -0.4 is 10.2 Å². The molecule has 1 aromatic heterocycles. The molecule has 0 saturated carbocycles. The van der Waals surface area contributed by atoms with Gasteiger partial charge in [-0.2, -0.15) is 0 Å². The van der Waals surface area contributed by atoms with Crippen LogP contribution in [0, 0.1) is 5.82 Å². The van der Waals surface area contributed by atoms with Gasteiger partial charge < -0.3 is 10.2 Å². The van der Waals surface area contributed by atoms with Crippen molar-refractivity contribution >= 4 is 40.9 Å². The Morgan fingerprint density at radius 1 is 1.14 bits per heavy atom. The number of carbonyl (C=O) groups is 1. The number of nitrogens with zero attached hydrogens (tertiary/aromatic N) is 4. The second-order valence-electron chi connectivity index (χ2n) is 6.22. The standard InChI is InChI=1S/C19H17ClFN5OS/c20-16-4-2-1-3-13(16)11-22-17(27)12-28-19-24-23-18-25(9-10-26(18)19)15-7-5-14(21)6-8-15/h1-8H,9-12H2,(H,22,27). The predicted octanol–water partition coefficient (Wildman–Crippen LogP) is 3.63. The summed E-state index contributed by atoms with van der Waals surface area (Å²) in [6, 6.07) is 13.7. The SMILES string of the molecule is O=C(CSc1nnc2n1CCN2c1ccc(F)cc1)NCc1ccccc1Cl. The molecule has 0 unspecified atom stereocenters. The molecule has 9 heteroatoms. The summed E-state index contributed by atoms with van der Waals surface area (Å²) in [6.07, 6.45) is 0. The maximum absolute atomic E-state index is 13.1. The van der Waals surface area contributed by atoms with Gasteiger partial charge in [0.1, 0.15) is 5.82 Å². The second kappa shape index (κ2) is 8.20. The van der Waals surface area contributed by atoms with Crippen molar-refractivity contribution in [2.75, 3.05) is 17.2 Å². The monoisotopic (exact) mass is 417 g/mol. The highest BCUT2D eigenvalue weighted by molar-refractivity contribution is 7.99. The molecule has 3 aromatic rings. The molecular formula is C19H17ClFN5OS. The normalized spacial score (nSPS) is 12.9. The van der Waals surface area contributed by atoms with Gasteiger partial charge in [0.05, 0.1) is 5.75 Å². The fraction of sp³-hybridized carbons (Fsp3) is 0.211. The number of aromatic nitrogens is 3. The van der Waals surface area contributed by atoms with Crippen molar-refractivity contribution in [1.82, 2.24) is 20.1 Å². The van der Waals surface area contributed by atoms with E-state index in [1.54, 1.807) is 18.2 Å². The first-order valence-electron chi connectivity index (χ1n) is 8.71. The van der Waals surface area contributed by atoms with Gasteiger partial charge in [-0.1, -0.05) is 41.6 Å². The Morgan fingerprint density at radius 2 is 1.93 bits per heavy atom. The minimum absolute atomic E-state index is 0.101. The van der Waals surface area contributed by atoms with Crippen LogP contribution in [0.25, 0.3) is 0 Å². The van der Waals surface area contributed by atoms with Crippen molar-refractivity contribution < 1.29 is 9.18 Å². The van der Waals surface area contributed by atoms with Gasteiger partial charge >= 0.3 is 0 Å². The second-order valence-corrected chi connectivity index (χ2v) is 7.57. The van der Waals surface area contributed by atoms with Gasteiger partial charge in [-0.15, -0.1) is 10.2 Å². The molecular weight excluding hydrogens is 401 g/mol. The van der Waals surface area contributed by atoms with Crippen molar-refractivity contribution in [3.05, 3.63) is 64.9 Å². The van der Waals surface area contributed by atoms with Gasteiger partial charge in [0.2, 0.25) is 11.9 Å². The number of fused-ring (bicyclic) bond motifs is 1. The Hall–Kier alpha value is -2.58. The molecule has 0 radical (unpaired) electrons. The maximum Gasteiger partial charge on any atom is 0.232 e. The minimum atomic E-state index is -0.275. The topological polar surface area (TPSA) is 63.1 Å². The third kappa shape index (κ3) is 3.98. The van der Waals surface area contributed by atoms with E-state index in [0.29, 0.717) is 29.2 Å². The van der Waals surface area contributed by atoms with Crippen LogP contribution in [0.15, 0.2) is 53.7 Å². The molecule has 0 fully saturated rings. The van der Waals surface area contributed by atoms with Crippen LogP contribution in [-0.4, -0.2) is 33.0 Å². The molecule has 0 saturated heterocycles. The van der Waals surface area contributed by atoms with E-state index in [0.717, 1.165) is 17.8 Å². The maximum atomic E-state index is 13.1. The average Bonchev–Trinajstić information content (AvgIpc) is 3.29. The zero-order chi connectivity index (χ0) is 19.5. The smallest absolute Gasteiger partial charge is 0.232 e. The third-order valence-corrected chi connectivity index (χ3v) is 5.73. The van der Waals surface area contributed by atoms with E-state index < -0.39 is 0 Å². The van der Waals surface area contributed by atoms with Crippen LogP contribution in [0.4, 0.5) is 16.0 Å². The van der Waals surface area contributed by atoms with E-state index in [2.05, 4.69) is 15.5 Å². The summed E-state index contributed by atoms with van der Waals surface area (Å²) in [5.74, 6) is 0.559. The summed E-state index contributed by atoms with van der Waals surface area (Å²) < 4.78 is 15.1. The highest BCUT2D eigenvalue weighted by Gasteiger charge is 2.26. The fourth-order valence-electron chi connectivity index (χ4n) is 2.97. The van der Waals surface area contributed by atoms with E-state index in [1.807, 2.05) is 27.7 Å². The van der Waals surface area contributed by atoms with Crippen LogP contribution in [0.2, 0.25) is 5.02 Å². The highest BCUT2D eigenvalue weighted by Crippen LogP contribution is 2.32. The summed E-state index contributed by atoms with van der Waals surface area (Å²) in [5, 5.41) is 12.6. The van der Waals surface area contributed by atoms with Gasteiger partial charge in [0, 0.05) is 30.3 Å². The van der Waals surface area contributed by atoms with Crippen LogP contribution in [0.3, 0.4) is 0 Å². The minimum Gasteiger partial charge on any atom is -0.351 e. The summed E-state index contributed by atoms with van der Waals surface area (Å²) >= 11 is 7.44. The number of rotatable bonds is 6. The lowest BCUT2D eigenvalue weighted by Gasteiger charge is -2.14. The molecule has 1 aliphatic rings. The lowest BCUT2D eigenvalue weighted by molar-refractivity contribution is -0.118. The predicted molar refractivity (Wildman–Crippen MR) is 107 cm³/mol. The highest BCUT2D eigenvalue weighted by atomic mass is 35.5. The summed E-state index contributed by atoms with van der Waals surface area (Å²) in [6.45, 7) is 1.82. The molecule has 1 amide bonds. The summed E-state index contributed by atoms with van der Waals surface area (Å²) in [7, 11) is 0. The van der Waals surface area contributed by atoms with E-state index in [-0.39, 0.29) is 17.5 Å². The number of amides is 1. The molecule has 0 aliphatic carbocycles. The lowest BCUT2D eigenvalue weighted by Crippen LogP contribution is -2.24. The van der Waals surface area contributed by atoms with Crippen molar-refractivity contribution in [3.8, 4) is 0 Å². The molecule has 28 heavy (non-hydrogen) atoms. The van der Waals surface area contributed by atoms with Gasteiger partial charge in [-0.3, -0.25) is 9.36 Å². The number of benzene rings is 2. The Labute approximate surface area is 170 Å². The Bertz CT molecular complexity index is 994. The van der Waals surface area contributed by atoms with Crippen LogP contribution in [-0.2, 0) is 17.9 Å². The van der Waals surface area contributed by atoms with Crippen molar-refractivity contribution in [2.24, 2.45) is 0 Å². The van der Waals surface area contributed by atoms with Crippen molar-refractivity contribution in [1.29, 1.82) is 0 Å². The molecule has 1 N–H and O–H groups in total. The van der Waals surface area contributed by atoms with E-state index in [9.17, 15) is 9.18 Å². The van der Waals surface area contributed by atoms with Crippen LogP contribution in [0.5, 0.6) is 0 Å². The number of thioether (sulfide) groups is 1. The number of carbonyl (C=O) groups excluding carboxylic acids is 1. The quantitative estimate of drug-likeness (QED) is 0.620. The van der Waals surface area contributed by atoms with Crippen LogP contribution >= 0.6 is 23.4 Å². The molecule has 0 atom stereocenters. The zero-order valence-electron chi connectivity index (χ0n) is 14.8. The molecule has 4 rings (SSSR count). The number of hydrogen-bond acceptors (Lipinski definition) is 5. The molecule has 6 nitrogen and oxygen atoms in total. The first kappa shape index (κ1) is 18.8. The fourth-order valence-corrected chi connectivity index (χ4v) is 3.96. The van der Waals surface area contributed by atoms with Gasteiger partial charge in [-0.05, 0) is 35.9 Å². The van der Waals surface area contributed by atoms with Gasteiger partial charge in [0.15, 0.2) is 5.16 Å². The molecule has 144 valence electrons. The average molecular weight is 418 g/mol. The first-order valence-corrected chi connectivity index (χ1v) is 10.1. The Kier molecular flexibility index (Phi) is 5.50. The molecule has 2 aromatic carbocycles. The van der Waals surface area contributed by atoms with Gasteiger partial charge in [0.25, 0.3) is 0 Å². The van der Waals surface area contributed by atoms with E-state index >= 15 is 0 Å². The lowest BCUT2D eigenvalue weighted by atomic mass is 10.2. The van der Waals surface area contributed by atoms with E-state index in [1.165, 1.54) is 23.9 Å². The Balaban J connectivity index is 1.35. The van der Waals surface area contributed by atoms with Gasteiger partial charge in [-0.25, -0.2) is 4.39 Å². The van der Waals surface area contributed by atoms with Crippen molar-refractivity contribution in [3.63, 3.8) is 0 Å². The third-order valence-electron chi connectivity index (χ3n) is 4.39. The molecule has 2 heterocycles. The molecule has 0 spiro atoms. The zero-order valence-corrected chi connectivity index (χ0v) is 16.4. The molecule has 1 aliphatic heterocycles. The first-order chi connectivity index (χ1) is 13.6. The van der Waals surface area contributed by atoms with Crippen LogP contribution in [0.1, 0.15) is 5.56 Å². The number of anilines is 2. The van der Waals surface area contributed by atoms with Crippen molar-refractivity contribution in [2.45, 2.75) is 18.2 Å². The number of hydrogen-bond donors (Lipinski definition) is 1. The number of halogens is 2. The molecule has 0 bridgehead atoms.